The largest absolute Gasteiger partial charge is 0.460 e. The van der Waals surface area contributed by atoms with Gasteiger partial charge in [-0.2, -0.15) is 0 Å². The number of unbranched alkanes of at least 4 members (excludes halogenated alkanes) is 1. The molecule has 3 atom stereocenters. The number of carbonyl (C=O) groups excluding carboxylic acids is 3. The van der Waals surface area contributed by atoms with E-state index in [-0.39, 0.29) is 17.8 Å². The summed E-state index contributed by atoms with van der Waals surface area (Å²) in [6, 6.07) is -0.557. The molecule has 3 unspecified atom stereocenters. The maximum Gasteiger partial charge on any atom is 0.302 e. The highest BCUT2D eigenvalue weighted by Gasteiger charge is 2.38. The number of amides is 1. The number of carbonyl (C=O) groups is 3. The fraction of sp³-hybridized carbons (Fsp3) is 0.870. The Morgan fingerprint density at radius 3 is 1.93 bits per heavy atom. The van der Waals surface area contributed by atoms with Gasteiger partial charge in [-0.05, 0) is 24.2 Å². The van der Waals surface area contributed by atoms with Gasteiger partial charge in [0.1, 0.15) is 18.2 Å². The first-order valence-corrected chi connectivity index (χ1v) is 11.3. The molecule has 1 rings (SSSR count). The Balaban J connectivity index is 2.93. The molecule has 0 aromatic heterocycles. The Morgan fingerprint density at radius 1 is 0.931 bits per heavy atom. The van der Waals surface area contributed by atoms with Crippen molar-refractivity contribution in [2.24, 2.45) is 17.8 Å². The minimum atomic E-state index is -0.557. The van der Waals surface area contributed by atoms with Crippen molar-refractivity contribution in [2.45, 2.75) is 111 Å². The number of nitrogens with one attached hydrogen (secondary N) is 1. The molecule has 0 aromatic carbocycles. The third kappa shape index (κ3) is 9.64. The van der Waals surface area contributed by atoms with Crippen LogP contribution in [0.2, 0.25) is 0 Å². The van der Waals surface area contributed by atoms with Crippen LogP contribution >= 0.6 is 0 Å². The van der Waals surface area contributed by atoms with Gasteiger partial charge < -0.3 is 14.8 Å². The Kier molecular flexibility index (Phi) is 11.3. The zero-order valence-corrected chi connectivity index (χ0v) is 19.2. The molecular formula is C23H41NO5. The molecule has 0 saturated heterocycles. The molecule has 0 radical (unpaired) electrons. The Labute approximate surface area is 176 Å². The van der Waals surface area contributed by atoms with E-state index >= 15 is 0 Å². The first-order chi connectivity index (χ1) is 13.6. The van der Waals surface area contributed by atoms with Gasteiger partial charge in [0.2, 0.25) is 5.91 Å². The van der Waals surface area contributed by atoms with Crippen molar-refractivity contribution in [3.8, 4) is 0 Å². The van der Waals surface area contributed by atoms with Crippen molar-refractivity contribution < 1.29 is 23.9 Å². The molecule has 0 aromatic rings. The highest BCUT2D eigenvalue weighted by atomic mass is 16.6. The van der Waals surface area contributed by atoms with Crippen molar-refractivity contribution in [3.63, 3.8) is 0 Å². The molecular weight excluding hydrogens is 370 g/mol. The first kappa shape index (κ1) is 25.4. The maximum atomic E-state index is 11.9. The van der Waals surface area contributed by atoms with Crippen LogP contribution in [0.25, 0.3) is 0 Å². The van der Waals surface area contributed by atoms with Gasteiger partial charge in [0.15, 0.2) is 0 Å². The van der Waals surface area contributed by atoms with E-state index in [1.807, 2.05) is 13.8 Å². The Bertz CT molecular complexity index is 525. The van der Waals surface area contributed by atoms with E-state index in [1.165, 1.54) is 52.9 Å². The fourth-order valence-corrected chi connectivity index (χ4v) is 4.50. The molecule has 29 heavy (non-hydrogen) atoms. The van der Waals surface area contributed by atoms with Gasteiger partial charge in [0.05, 0.1) is 0 Å². The predicted octanol–water partition coefficient (Wildman–Crippen LogP) is 4.40. The average Bonchev–Trinajstić information content (AvgIpc) is 2.62. The van der Waals surface area contributed by atoms with Crippen LogP contribution in [0.4, 0.5) is 0 Å². The molecule has 1 saturated carbocycles. The van der Waals surface area contributed by atoms with E-state index in [4.69, 9.17) is 9.47 Å². The molecule has 1 amide bonds. The minimum absolute atomic E-state index is 0.0291. The average molecular weight is 412 g/mol. The first-order valence-electron chi connectivity index (χ1n) is 11.3. The predicted molar refractivity (Wildman–Crippen MR) is 113 cm³/mol. The lowest BCUT2D eigenvalue weighted by atomic mass is 9.76. The third-order valence-electron chi connectivity index (χ3n) is 5.90. The Hall–Kier alpha value is -1.59. The minimum Gasteiger partial charge on any atom is -0.460 e. The van der Waals surface area contributed by atoms with Crippen LogP contribution in [-0.2, 0) is 23.9 Å². The molecule has 0 aliphatic heterocycles. The van der Waals surface area contributed by atoms with Crippen LogP contribution in [0, 0.1) is 17.8 Å². The zero-order chi connectivity index (χ0) is 22.0. The summed E-state index contributed by atoms with van der Waals surface area (Å²) < 4.78 is 11.2. The third-order valence-corrected chi connectivity index (χ3v) is 5.90. The molecule has 168 valence electrons. The molecule has 1 N–H and O–H groups in total. The van der Waals surface area contributed by atoms with Crippen molar-refractivity contribution in [1.82, 2.24) is 5.32 Å². The summed E-state index contributed by atoms with van der Waals surface area (Å²) in [6.07, 6.45) is 8.07. The molecule has 0 bridgehead atoms. The smallest absolute Gasteiger partial charge is 0.302 e. The van der Waals surface area contributed by atoms with Crippen LogP contribution in [0.3, 0.4) is 0 Å². The summed E-state index contributed by atoms with van der Waals surface area (Å²) in [7, 11) is 0. The van der Waals surface area contributed by atoms with E-state index in [9.17, 15) is 14.4 Å². The molecule has 0 heterocycles. The van der Waals surface area contributed by atoms with Gasteiger partial charge in [0.25, 0.3) is 0 Å². The fourth-order valence-electron chi connectivity index (χ4n) is 4.50. The highest BCUT2D eigenvalue weighted by Crippen LogP contribution is 2.35. The number of hydrogen-bond acceptors (Lipinski definition) is 5. The number of hydrogen-bond donors (Lipinski definition) is 1. The molecule has 1 fully saturated rings. The summed E-state index contributed by atoms with van der Waals surface area (Å²) in [6.45, 7) is 10.3. The SMILES string of the molecule is CCCCC1CCC(CC(OC(C)=O)C(NC(C)=O)C(OC(C)=O)C(C)C)CC1. The molecule has 1 aliphatic rings. The van der Waals surface area contributed by atoms with E-state index in [1.54, 1.807) is 0 Å². The quantitative estimate of drug-likeness (QED) is 0.510. The lowest BCUT2D eigenvalue weighted by molar-refractivity contribution is -0.161. The topological polar surface area (TPSA) is 81.7 Å². The van der Waals surface area contributed by atoms with Crippen LogP contribution < -0.4 is 5.32 Å². The maximum absolute atomic E-state index is 11.9. The van der Waals surface area contributed by atoms with E-state index < -0.39 is 24.2 Å². The number of esters is 2. The summed E-state index contributed by atoms with van der Waals surface area (Å²) in [5, 5.41) is 2.91. The second-order valence-electron chi connectivity index (χ2n) is 8.96. The van der Waals surface area contributed by atoms with Gasteiger partial charge in [-0.25, -0.2) is 0 Å². The standard InChI is InChI=1S/C23H41NO5/c1-7-8-9-19-10-12-20(13-11-19)14-21(28-17(5)26)22(24-16(4)25)23(15(2)3)29-18(6)27/h15,19-23H,7-14H2,1-6H3,(H,24,25). The summed E-state index contributed by atoms with van der Waals surface area (Å²) in [5.41, 5.74) is 0. The van der Waals surface area contributed by atoms with E-state index in [2.05, 4.69) is 12.2 Å². The second-order valence-corrected chi connectivity index (χ2v) is 8.96. The summed E-state index contributed by atoms with van der Waals surface area (Å²) in [4.78, 5) is 35.4. The van der Waals surface area contributed by atoms with Crippen LogP contribution in [0.15, 0.2) is 0 Å². The molecule has 6 nitrogen and oxygen atoms in total. The van der Waals surface area contributed by atoms with Crippen molar-refractivity contribution in [3.05, 3.63) is 0 Å². The number of rotatable bonds is 11. The van der Waals surface area contributed by atoms with Gasteiger partial charge in [-0.15, -0.1) is 0 Å². The molecule has 0 spiro atoms. The van der Waals surface area contributed by atoms with Crippen molar-refractivity contribution >= 4 is 17.8 Å². The zero-order valence-electron chi connectivity index (χ0n) is 19.2. The summed E-state index contributed by atoms with van der Waals surface area (Å²) in [5.74, 6) is 0.198. The molecule has 6 heteroatoms. The lowest BCUT2D eigenvalue weighted by Crippen LogP contribution is -2.55. The van der Waals surface area contributed by atoms with Crippen molar-refractivity contribution in [2.75, 3.05) is 0 Å². The lowest BCUT2D eigenvalue weighted by Gasteiger charge is -2.37. The normalized spacial score (nSPS) is 22.4. The van der Waals surface area contributed by atoms with E-state index in [0.717, 1.165) is 18.8 Å². The van der Waals surface area contributed by atoms with Crippen molar-refractivity contribution in [1.29, 1.82) is 0 Å². The monoisotopic (exact) mass is 411 g/mol. The second kappa shape index (κ2) is 12.9. The van der Waals surface area contributed by atoms with Crippen LogP contribution in [0.5, 0.6) is 0 Å². The molecule has 1 aliphatic carbocycles. The number of ether oxygens (including phenoxy) is 2. The van der Waals surface area contributed by atoms with Crippen LogP contribution in [0.1, 0.15) is 92.9 Å². The Morgan fingerprint density at radius 2 is 1.48 bits per heavy atom. The van der Waals surface area contributed by atoms with Crippen LogP contribution in [-0.4, -0.2) is 36.1 Å². The highest BCUT2D eigenvalue weighted by molar-refractivity contribution is 5.73. The van der Waals surface area contributed by atoms with Gasteiger partial charge >= 0.3 is 11.9 Å². The van der Waals surface area contributed by atoms with Gasteiger partial charge in [0, 0.05) is 20.8 Å². The summed E-state index contributed by atoms with van der Waals surface area (Å²) >= 11 is 0. The van der Waals surface area contributed by atoms with E-state index in [0.29, 0.717) is 12.3 Å². The van der Waals surface area contributed by atoms with Gasteiger partial charge in [-0.1, -0.05) is 65.7 Å². The van der Waals surface area contributed by atoms with Gasteiger partial charge in [-0.3, -0.25) is 14.4 Å².